The largest absolute Gasteiger partial charge is 0.409 e. The monoisotopic (exact) mass is 269 g/mol. The summed E-state index contributed by atoms with van der Waals surface area (Å²) in [6, 6.07) is 0. The van der Waals surface area contributed by atoms with Crippen LogP contribution in [-0.2, 0) is 4.79 Å². The number of aromatic nitrogens is 2. The molecule has 1 aromatic rings. The van der Waals surface area contributed by atoms with Crippen LogP contribution in [0, 0.1) is 0 Å². The van der Waals surface area contributed by atoms with Crippen molar-refractivity contribution in [3.63, 3.8) is 0 Å². The van der Waals surface area contributed by atoms with Crippen LogP contribution in [0.4, 0.5) is 0 Å². The van der Waals surface area contributed by atoms with Crippen LogP contribution in [-0.4, -0.2) is 39.2 Å². The van der Waals surface area contributed by atoms with Crippen molar-refractivity contribution in [1.82, 2.24) is 15.3 Å². The van der Waals surface area contributed by atoms with Crippen molar-refractivity contribution in [2.45, 2.75) is 18.4 Å². The van der Waals surface area contributed by atoms with E-state index in [1.54, 1.807) is 0 Å². The van der Waals surface area contributed by atoms with Crippen molar-refractivity contribution in [2.75, 3.05) is 12.3 Å². The number of nitrogens with zero attached hydrogens (tertiary/aromatic N) is 3. The third-order valence-electron chi connectivity index (χ3n) is 1.92. The quantitative estimate of drug-likeness (QED) is 0.223. The number of hydrogen-bond acceptors (Lipinski definition) is 6. The number of nitrogens with one attached hydrogen (secondary N) is 1. The normalized spacial score (nSPS) is 11.3. The van der Waals surface area contributed by atoms with E-state index in [0.29, 0.717) is 11.6 Å². The maximum Gasteiger partial charge on any atom is 0.230 e. The van der Waals surface area contributed by atoms with Gasteiger partial charge in [0.15, 0.2) is 5.84 Å². The molecule has 7 nitrogen and oxygen atoms in total. The smallest absolute Gasteiger partial charge is 0.230 e. The zero-order valence-electron chi connectivity index (χ0n) is 9.96. The van der Waals surface area contributed by atoms with Crippen molar-refractivity contribution >= 4 is 23.5 Å². The lowest BCUT2D eigenvalue weighted by molar-refractivity contribution is -0.118. The van der Waals surface area contributed by atoms with E-state index >= 15 is 0 Å². The van der Waals surface area contributed by atoms with Crippen LogP contribution in [0.5, 0.6) is 0 Å². The van der Waals surface area contributed by atoms with Gasteiger partial charge in [0.05, 0.1) is 18.1 Å². The predicted octanol–water partition coefficient (Wildman–Crippen LogP) is 0.189. The Morgan fingerprint density at radius 3 is 2.89 bits per heavy atom. The Balaban J connectivity index is 2.47. The second-order valence-corrected chi connectivity index (χ2v) is 4.36. The Bertz CT molecular complexity index is 421. The summed E-state index contributed by atoms with van der Waals surface area (Å²) in [6.45, 7) is 2.66. The lowest BCUT2D eigenvalue weighted by Crippen LogP contribution is -2.25. The molecule has 1 amide bonds. The first-order valence-electron chi connectivity index (χ1n) is 5.36. The van der Waals surface area contributed by atoms with E-state index in [1.165, 1.54) is 24.2 Å². The molecule has 0 atom stereocenters. The summed E-state index contributed by atoms with van der Waals surface area (Å²) in [7, 11) is 0. The molecular formula is C10H15N5O2S. The van der Waals surface area contributed by atoms with Gasteiger partial charge < -0.3 is 16.3 Å². The van der Waals surface area contributed by atoms with Crippen molar-refractivity contribution < 1.29 is 10.0 Å². The summed E-state index contributed by atoms with van der Waals surface area (Å²) in [5, 5.41) is 14.6. The van der Waals surface area contributed by atoms with Gasteiger partial charge in [0.2, 0.25) is 5.91 Å². The average Bonchev–Trinajstić information content (AvgIpc) is 2.42. The number of thioether (sulfide) groups is 1. The van der Waals surface area contributed by atoms with Crippen LogP contribution in [0.2, 0.25) is 0 Å². The summed E-state index contributed by atoms with van der Waals surface area (Å²) in [5.41, 5.74) is 5.64. The Kier molecular flexibility index (Phi) is 5.92. The van der Waals surface area contributed by atoms with E-state index < -0.39 is 0 Å². The fraction of sp³-hybridized carbons (Fsp3) is 0.400. The zero-order chi connectivity index (χ0) is 13.4. The third-order valence-corrected chi connectivity index (χ3v) is 2.83. The van der Waals surface area contributed by atoms with Crippen LogP contribution >= 0.6 is 11.8 Å². The van der Waals surface area contributed by atoms with E-state index in [9.17, 15) is 4.79 Å². The number of oxime groups is 1. The third kappa shape index (κ3) is 4.58. The molecule has 0 aliphatic rings. The summed E-state index contributed by atoms with van der Waals surface area (Å²) in [4.78, 5) is 19.4. The van der Waals surface area contributed by atoms with Gasteiger partial charge in [0, 0.05) is 6.54 Å². The number of amides is 1. The number of hydrogen-bond donors (Lipinski definition) is 3. The van der Waals surface area contributed by atoms with E-state index in [1.807, 2.05) is 6.92 Å². The van der Waals surface area contributed by atoms with E-state index in [0.717, 1.165) is 6.42 Å². The number of rotatable bonds is 6. The standard InChI is InChI=1S/C10H15N5O2S/c1-2-3-12-8(16)6-18-9-5-13-7(4-14-9)10(11)15-17/h4-5,17H,2-3,6H2,1H3,(H2,11,15)(H,12,16). The lowest BCUT2D eigenvalue weighted by Gasteiger charge is -2.03. The molecule has 8 heteroatoms. The molecule has 1 rings (SSSR count). The second kappa shape index (κ2) is 7.49. The highest BCUT2D eigenvalue weighted by atomic mass is 32.2. The topological polar surface area (TPSA) is 113 Å². The predicted molar refractivity (Wildman–Crippen MR) is 68.6 cm³/mol. The summed E-state index contributed by atoms with van der Waals surface area (Å²) >= 11 is 1.28. The number of carbonyl (C=O) groups excluding carboxylic acids is 1. The maximum atomic E-state index is 11.3. The van der Waals surface area contributed by atoms with Crippen molar-refractivity contribution in [2.24, 2.45) is 10.9 Å². The molecule has 0 spiro atoms. The van der Waals surface area contributed by atoms with E-state index in [-0.39, 0.29) is 23.2 Å². The van der Waals surface area contributed by atoms with E-state index in [2.05, 4.69) is 20.4 Å². The Morgan fingerprint density at radius 2 is 2.33 bits per heavy atom. The van der Waals surface area contributed by atoms with Gasteiger partial charge in [0.25, 0.3) is 0 Å². The molecule has 0 radical (unpaired) electrons. The minimum atomic E-state index is -0.0975. The maximum absolute atomic E-state index is 11.3. The molecule has 0 saturated carbocycles. The lowest BCUT2D eigenvalue weighted by atomic mass is 10.4. The molecule has 0 bridgehead atoms. The van der Waals surface area contributed by atoms with Gasteiger partial charge in [-0.05, 0) is 6.42 Å². The molecule has 0 fully saturated rings. The van der Waals surface area contributed by atoms with Gasteiger partial charge in [-0.3, -0.25) is 4.79 Å². The Labute approximate surface area is 109 Å². The minimum Gasteiger partial charge on any atom is -0.409 e. The van der Waals surface area contributed by atoms with Crippen LogP contribution in [0.15, 0.2) is 22.6 Å². The molecule has 4 N–H and O–H groups in total. The van der Waals surface area contributed by atoms with E-state index in [4.69, 9.17) is 10.9 Å². The molecule has 0 saturated heterocycles. The van der Waals surface area contributed by atoms with Crippen molar-refractivity contribution in [3.05, 3.63) is 18.1 Å². The van der Waals surface area contributed by atoms with Gasteiger partial charge in [-0.15, -0.1) is 0 Å². The molecule has 18 heavy (non-hydrogen) atoms. The second-order valence-electron chi connectivity index (χ2n) is 3.36. The van der Waals surface area contributed by atoms with Gasteiger partial charge >= 0.3 is 0 Å². The molecule has 1 aromatic heterocycles. The average molecular weight is 269 g/mol. The molecule has 0 unspecified atom stereocenters. The van der Waals surface area contributed by atoms with Crippen LogP contribution in [0.1, 0.15) is 19.0 Å². The SMILES string of the molecule is CCCNC(=O)CSc1cnc(C(N)=NO)cn1. The first-order chi connectivity index (χ1) is 8.67. The first kappa shape index (κ1) is 14.2. The highest BCUT2D eigenvalue weighted by molar-refractivity contribution is 7.99. The summed E-state index contributed by atoms with van der Waals surface area (Å²) in [6.07, 6.45) is 3.77. The van der Waals surface area contributed by atoms with Gasteiger partial charge in [0.1, 0.15) is 10.7 Å². The number of nitrogens with two attached hydrogens (primary N) is 1. The fourth-order valence-corrected chi connectivity index (χ4v) is 1.66. The van der Waals surface area contributed by atoms with Crippen LogP contribution < -0.4 is 11.1 Å². The highest BCUT2D eigenvalue weighted by Gasteiger charge is 2.05. The molecule has 0 aromatic carbocycles. The zero-order valence-corrected chi connectivity index (χ0v) is 10.8. The molecular weight excluding hydrogens is 254 g/mol. The van der Waals surface area contributed by atoms with Crippen molar-refractivity contribution in [3.8, 4) is 0 Å². The van der Waals surface area contributed by atoms with Gasteiger partial charge in [-0.2, -0.15) is 0 Å². The van der Waals surface area contributed by atoms with Gasteiger partial charge in [-0.1, -0.05) is 23.8 Å². The van der Waals surface area contributed by atoms with Gasteiger partial charge in [-0.25, -0.2) is 9.97 Å². The minimum absolute atomic E-state index is 0.0378. The van der Waals surface area contributed by atoms with Crippen LogP contribution in [0.25, 0.3) is 0 Å². The molecule has 0 aliphatic heterocycles. The van der Waals surface area contributed by atoms with Crippen LogP contribution in [0.3, 0.4) is 0 Å². The Hall–Kier alpha value is -1.83. The fourth-order valence-electron chi connectivity index (χ4n) is 1.03. The highest BCUT2D eigenvalue weighted by Crippen LogP contribution is 2.12. The number of amidine groups is 1. The Morgan fingerprint density at radius 1 is 1.56 bits per heavy atom. The summed E-state index contributed by atoms with van der Waals surface area (Å²) < 4.78 is 0. The molecule has 98 valence electrons. The molecule has 1 heterocycles. The summed E-state index contributed by atoms with van der Waals surface area (Å²) in [5.74, 6) is 0.154. The van der Waals surface area contributed by atoms with Crippen molar-refractivity contribution in [1.29, 1.82) is 0 Å². The first-order valence-corrected chi connectivity index (χ1v) is 6.35. The molecule has 0 aliphatic carbocycles. The number of carbonyl (C=O) groups is 1.